The van der Waals surface area contributed by atoms with Crippen LogP contribution in [0.3, 0.4) is 0 Å². The van der Waals surface area contributed by atoms with Gasteiger partial charge >= 0.3 is 0 Å². The Balaban J connectivity index is 2.31. The molecular weight excluding hydrogens is 322 g/mol. The number of nitrogens with zero attached hydrogens (tertiary/aromatic N) is 2. The third kappa shape index (κ3) is 4.03. The number of nitrogens with one attached hydrogen (secondary N) is 1. The topological polar surface area (TPSA) is 67.2 Å². The van der Waals surface area contributed by atoms with Crippen molar-refractivity contribution in [3.05, 3.63) is 35.4 Å². The van der Waals surface area contributed by atoms with Crippen molar-refractivity contribution in [2.45, 2.75) is 18.7 Å². The first-order valence-electron chi connectivity index (χ1n) is 6.83. The van der Waals surface area contributed by atoms with Crippen LogP contribution < -0.4 is 5.32 Å². The van der Waals surface area contributed by atoms with E-state index in [9.17, 15) is 4.79 Å². The van der Waals surface area contributed by atoms with Gasteiger partial charge in [0.05, 0.1) is 24.1 Å². The molecular formula is C15H18ClN3O2S. The highest BCUT2D eigenvalue weighted by molar-refractivity contribution is 7.99. The Morgan fingerprint density at radius 3 is 2.91 bits per heavy atom. The predicted molar refractivity (Wildman–Crippen MR) is 91.4 cm³/mol. The molecule has 0 saturated heterocycles. The maximum Gasteiger partial charge on any atom is 0.238 e. The third-order valence-electron chi connectivity index (χ3n) is 3.19. The van der Waals surface area contributed by atoms with Gasteiger partial charge in [-0.25, -0.2) is 4.68 Å². The van der Waals surface area contributed by atoms with Crippen LogP contribution in [-0.2, 0) is 11.3 Å². The van der Waals surface area contributed by atoms with E-state index in [1.807, 2.05) is 31.4 Å². The van der Waals surface area contributed by atoms with E-state index in [-0.39, 0.29) is 17.8 Å². The minimum atomic E-state index is -0.160. The van der Waals surface area contributed by atoms with Gasteiger partial charge in [0.1, 0.15) is 5.82 Å². The van der Waals surface area contributed by atoms with Gasteiger partial charge < -0.3 is 10.4 Å². The van der Waals surface area contributed by atoms with Crippen LogP contribution in [0.15, 0.2) is 30.3 Å². The Hall–Kier alpha value is -1.50. The maximum absolute atomic E-state index is 12.0. The van der Waals surface area contributed by atoms with E-state index in [1.54, 1.807) is 16.8 Å². The van der Waals surface area contributed by atoms with Crippen LogP contribution in [0.25, 0.3) is 11.3 Å². The summed E-state index contributed by atoms with van der Waals surface area (Å²) in [5.74, 6) is 0.471. The summed E-state index contributed by atoms with van der Waals surface area (Å²) in [6.45, 7) is 2.09. The van der Waals surface area contributed by atoms with Crippen LogP contribution in [0.2, 0.25) is 5.02 Å². The number of aliphatic hydroxyl groups excluding tert-OH is 1. The zero-order chi connectivity index (χ0) is 16.1. The number of hydrogen-bond donors (Lipinski definition) is 2. The fraction of sp³-hybridized carbons (Fsp3) is 0.333. The van der Waals surface area contributed by atoms with Crippen molar-refractivity contribution < 1.29 is 9.90 Å². The molecule has 0 radical (unpaired) electrons. The Morgan fingerprint density at radius 2 is 2.27 bits per heavy atom. The number of amides is 1. The van der Waals surface area contributed by atoms with Gasteiger partial charge in [-0.05, 0) is 25.3 Å². The lowest BCUT2D eigenvalue weighted by Crippen LogP contribution is -2.24. The molecule has 2 N–H and O–H groups in total. The van der Waals surface area contributed by atoms with Crippen LogP contribution in [0.1, 0.15) is 6.92 Å². The van der Waals surface area contributed by atoms with Crippen molar-refractivity contribution in [1.82, 2.24) is 9.78 Å². The largest absolute Gasteiger partial charge is 0.394 e. The summed E-state index contributed by atoms with van der Waals surface area (Å²) < 4.78 is 1.58. The molecule has 2 rings (SSSR count). The lowest BCUT2D eigenvalue weighted by atomic mass is 10.1. The second kappa shape index (κ2) is 7.67. The summed E-state index contributed by atoms with van der Waals surface area (Å²) in [5.41, 5.74) is 1.56. The fourth-order valence-electron chi connectivity index (χ4n) is 1.91. The molecule has 118 valence electrons. The molecule has 0 aliphatic carbocycles. The molecule has 1 amide bonds. The molecule has 5 nitrogen and oxygen atoms in total. The summed E-state index contributed by atoms with van der Waals surface area (Å²) >= 11 is 7.47. The number of anilines is 1. The molecule has 0 aliphatic rings. The Morgan fingerprint density at radius 1 is 1.50 bits per heavy atom. The number of benzene rings is 1. The third-order valence-corrected chi connectivity index (χ3v) is 4.34. The van der Waals surface area contributed by atoms with Crippen molar-refractivity contribution in [2.75, 3.05) is 18.2 Å². The Labute approximate surface area is 138 Å². The van der Waals surface area contributed by atoms with Gasteiger partial charge in [-0.1, -0.05) is 23.7 Å². The lowest BCUT2D eigenvalue weighted by molar-refractivity contribution is -0.115. The molecule has 7 heteroatoms. The molecule has 0 aliphatic heterocycles. The SMILES string of the molecule is CS[C@@H](C)C(=O)Nc1cc(-c2cccc(Cl)c2)nn1CCO. The minimum absolute atomic E-state index is 0.0579. The van der Waals surface area contributed by atoms with Gasteiger partial charge in [0.25, 0.3) is 0 Å². The first-order chi connectivity index (χ1) is 10.5. The van der Waals surface area contributed by atoms with Gasteiger partial charge in [0, 0.05) is 16.7 Å². The average Bonchev–Trinajstić information content (AvgIpc) is 2.89. The maximum atomic E-state index is 12.0. The Bertz CT molecular complexity index is 660. The van der Waals surface area contributed by atoms with Gasteiger partial charge in [-0.15, -0.1) is 0 Å². The van der Waals surface area contributed by atoms with Crippen molar-refractivity contribution in [3.8, 4) is 11.3 Å². The number of thioether (sulfide) groups is 1. The van der Waals surface area contributed by atoms with E-state index >= 15 is 0 Å². The van der Waals surface area contributed by atoms with Crippen LogP contribution in [0.4, 0.5) is 5.82 Å². The summed E-state index contributed by atoms with van der Waals surface area (Å²) in [6.07, 6.45) is 1.88. The molecule has 22 heavy (non-hydrogen) atoms. The molecule has 0 bridgehead atoms. The van der Waals surface area contributed by atoms with Gasteiger partial charge in [-0.3, -0.25) is 4.79 Å². The van der Waals surface area contributed by atoms with Gasteiger partial charge in [0.15, 0.2) is 0 Å². The standard InChI is InChI=1S/C15H18ClN3O2S/c1-10(22-2)15(21)17-14-9-13(18-19(14)6-7-20)11-4-3-5-12(16)8-11/h3-5,8-10,20H,6-7H2,1-2H3,(H,17,21)/t10-/m0/s1. The molecule has 1 aromatic carbocycles. The average molecular weight is 340 g/mol. The van der Waals surface area contributed by atoms with E-state index in [0.29, 0.717) is 23.1 Å². The Kier molecular flexibility index (Phi) is 5.88. The zero-order valence-corrected chi connectivity index (χ0v) is 14.0. The van der Waals surface area contributed by atoms with Crippen LogP contribution >= 0.6 is 23.4 Å². The molecule has 1 heterocycles. The number of aromatic nitrogens is 2. The van der Waals surface area contributed by atoms with E-state index in [0.717, 1.165) is 5.56 Å². The van der Waals surface area contributed by atoms with Crippen molar-refractivity contribution >= 4 is 35.1 Å². The summed E-state index contributed by atoms with van der Waals surface area (Å²) in [6, 6.07) is 9.12. The van der Waals surface area contributed by atoms with Crippen LogP contribution in [0, 0.1) is 0 Å². The summed E-state index contributed by atoms with van der Waals surface area (Å²) in [7, 11) is 0. The summed E-state index contributed by atoms with van der Waals surface area (Å²) in [5, 5.41) is 16.9. The van der Waals surface area contributed by atoms with Crippen molar-refractivity contribution in [1.29, 1.82) is 0 Å². The first-order valence-corrected chi connectivity index (χ1v) is 8.50. The monoisotopic (exact) mass is 339 g/mol. The quantitative estimate of drug-likeness (QED) is 0.849. The number of rotatable bonds is 6. The van der Waals surface area contributed by atoms with E-state index < -0.39 is 0 Å². The number of carbonyl (C=O) groups is 1. The van der Waals surface area contributed by atoms with Crippen LogP contribution in [-0.4, -0.2) is 38.9 Å². The smallest absolute Gasteiger partial charge is 0.238 e. The minimum Gasteiger partial charge on any atom is -0.394 e. The molecule has 0 fully saturated rings. The van der Waals surface area contributed by atoms with Crippen molar-refractivity contribution in [2.24, 2.45) is 0 Å². The van der Waals surface area contributed by atoms with Crippen molar-refractivity contribution in [3.63, 3.8) is 0 Å². The number of carbonyl (C=O) groups excluding carboxylic acids is 1. The molecule has 0 saturated carbocycles. The normalized spacial score (nSPS) is 12.2. The van der Waals surface area contributed by atoms with E-state index in [1.165, 1.54) is 11.8 Å². The summed E-state index contributed by atoms with van der Waals surface area (Å²) in [4.78, 5) is 12.0. The van der Waals surface area contributed by atoms with Gasteiger partial charge in [0.2, 0.25) is 5.91 Å². The van der Waals surface area contributed by atoms with E-state index in [4.69, 9.17) is 16.7 Å². The molecule has 2 aromatic rings. The predicted octanol–water partition coefficient (Wildman–Crippen LogP) is 2.89. The van der Waals surface area contributed by atoms with E-state index in [2.05, 4.69) is 10.4 Å². The van der Waals surface area contributed by atoms with Gasteiger partial charge in [-0.2, -0.15) is 16.9 Å². The molecule has 0 spiro atoms. The highest BCUT2D eigenvalue weighted by Crippen LogP contribution is 2.25. The highest BCUT2D eigenvalue weighted by Gasteiger charge is 2.16. The highest BCUT2D eigenvalue weighted by atomic mass is 35.5. The number of hydrogen-bond acceptors (Lipinski definition) is 4. The number of aliphatic hydroxyl groups is 1. The first kappa shape index (κ1) is 16.9. The number of halogens is 1. The van der Waals surface area contributed by atoms with Crippen LogP contribution in [0.5, 0.6) is 0 Å². The molecule has 1 aromatic heterocycles. The molecule has 0 unspecified atom stereocenters. The second-order valence-corrected chi connectivity index (χ2v) is 6.35. The second-order valence-electron chi connectivity index (χ2n) is 4.74. The lowest BCUT2D eigenvalue weighted by Gasteiger charge is -2.10. The fourth-order valence-corrected chi connectivity index (χ4v) is 2.37. The molecule has 1 atom stereocenters. The zero-order valence-electron chi connectivity index (χ0n) is 12.4.